The Morgan fingerprint density at radius 2 is 1.65 bits per heavy atom. The largest absolute Gasteiger partial charge is 0.481 e. The molecule has 8 heteroatoms. The quantitative estimate of drug-likeness (QED) is 0.475. The number of carbonyl (C=O) groups is 3. The number of amides is 2. The number of nitrogens with one attached hydrogen (secondary N) is 2. The molecule has 0 spiro atoms. The Kier molecular flexibility index (Phi) is 7.04. The Morgan fingerprint density at radius 3 is 2.27 bits per heavy atom. The monoisotopic (exact) mass is 417 g/mol. The van der Waals surface area contributed by atoms with Gasteiger partial charge in [-0.3, -0.25) is 14.4 Å². The smallest absolute Gasteiger partial charge is 0.303 e. The van der Waals surface area contributed by atoms with E-state index >= 15 is 0 Å². The fourth-order valence-electron chi connectivity index (χ4n) is 1.93. The Morgan fingerprint density at radius 1 is 1.00 bits per heavy atom. The van der Waals surface area contributed by atoms with Crippen molar-refractivity contribution in [1.82, 2.24) is 5.43 Å². The number of nitrogens with zero attached hydrogens (tertiary/aromatic N) is 1. The molecule has 0 aromatic heterocycles. The van der Waals surface area contributed by atoms with Crippen molar-refractivity contribution >= 4 is 45.6 Å². The van der Waals surface area contributed by atoms with Gasteiger partial charge in [-0.05, 0) is 42.0 Å². The summed E-state index contributed by atoms with van der Waals surface area (Å²) in [5.74, 6) is -1.82. The molecule has 2 aromatic rings. The van der Waals surface area contributed by atoms with Crippen LogP contribution in [0.3, 0.4) is 0 Å². The standard InChI is InChI=1S/C18H16BrN3O4/c19-14-5-1-12(2-6-14)11-20-22-18(26)13-3-7-15(8-4-13)21-16(23)9-10-17(24)25/h1-8,11H,9-10H2,(H,21,23)(H,22,26)(H,24,25)/b20-11+. The highest BCUT2D eigenvalue weighted by Crippen LogP contribution is 2.11. The van der Waals surface area contributed by atoms with Crippen LogP contribution in [0.4, 0.5) is 5.69 Å². The molecule has 26 heavy (non-hydrogen) atoms. The fraction of sp³-hybridized carbons (Fsp3) is 0.111. The van der Waals surface area contributed by atoms with Crippen molar-refractivity contribution in [2.24, 2.45) is 5.10 Å². The van der Waals surface area contributed by atoms with Gasteiger partial charge in [-0.25, -0.2) is 5.43 Å². The topological polar surface area (TPSA) is 108 Å². The third-order valence-electron chi connectivity index (χ3n) is 3.25. The Labute approximate surface area is 158 Å². The molecule has 134 valence electrons. The molecule has 0 radical (unpaired) electrons. The van der Waals surface area contributed by atoms with Crippen LogP contribution in [0.1, 0.15) is 28.8 Å². The van der Waals surface area contributed by atoms with Crippen LogP contribution in [0, 0.1) is 0 Å². The van der Waals surface area contributed by atoms with Crippen molar-refractivity contribution in [3.05, 3.63) is 64.1 Å². The van der Waals surface area contributed by atoms with Crippen molar-refractivity contribution < 1.29 is 19.5 Å². The third kappa shape index (κ3) is 6.48. The normalized spacial score (nSPS) is 10.5. The number of hydrogen-bond donors (Lipinski definition) is 3. The number of aliphatic carboxylic acids is 1. The van der Waals surface area contributed by atoms with E-state index in [9.17, 15) is 14.4 Å². The number of hydrazone groups is 1. The lowest BCUT2D eigenvalue weighted by Gasteiger charge is -2.05. The van der Waals surface area contributed by atoms with Crippen molar-refractivity contribution in [1.29, 1.82) is 0 Å². The predicted molar refractivity (Wildman–Crippen MR) is 101 cm³/mol. The minimum Gasteiger partial charge on any atom is -0.481 e. The van der Waals surface area contributed by atoms with E-state index in [1.54, 1.807) is 12.1 Å². The number of anilines is 1. The molecule has 0 aliphatic rings. The lowest BCUT2D eigenvalue weighted by Crippen LogP contribution is -2.18. The van der Waals surface area contributed by atoms with Crippen molar-refractivity contribution in [2.75, 3.05) is 5.32 Å². The zero-order valence-corrected chi connectivity index (χ0v) is 15.2. The summed E-state index contributed by atoms with van der Waals surface area (Å²) >= 11 is 3.34. The van der Waals surface area contributed by atoms with Crippen LogP contribution in [-0.4, -0.2) is 29.1 Å². The van der Waals surface area contributed by atoms with E-state index in [-0.39, 0.29) is 18.7 Å². The zero-order chi connectivity index (χ0) is 18.9. The number of halogens is 1. The van der Waals surface area contributed by atoms with Gasteiger partial charge in [0.2, 0.25) is 5.91 Å². The second-order valence-corrected chi connectivity index (χ2v) is 6.19. The number of carbonyl (C=O) groups excluding carboxylic acids is 2. The molecule has 0 saturated carbocycles. The van der Waals surface area contributed by atoms with Gasteiger partial charge < -0.3 is 10.4 Å². The van der Waals surface area contributed by atoms with Gasteiger partial charge in [0.25, 0.3) is 5.91 Å². The number of carboxylic acid groups (broad SMARTS) is 1. The molecule has 0 fully saturated rings. The minimum atomic E-state index is -1.03. The second kappa shape index (κ2) is 9.47. The molecule has 0 atom stereocenters. The third-order valence-corrected chi connectivity index (χ3v) is 3.78. The lowest BCUT2D eigenvalue weighted by molar-refractivity contribution is -0.138. The summed E-state index contributed by atoms with van der Waals surface area (Å²) < 4.78 is 0.953. The van der Waals surface area contributed by atoms with E-state index in [2.05, 4.69) is 31.8 Å². The van der Waals surface area contributed by atoms with Crippen molar-refractivity contribution in [3.8, 4) is 0 Å². The molecule has 0 bridgehead atoms. The van der Waals surface area contributed by atoms with E-state index in [1.165, 1.54) is 18.3 Å². The average molecular weight is 418 g/mol. The Balaban J connectivity index is 1.86. The molecule has 0 aliphatic carbocycles. The van der Waals surface area contributed by atoms with Gasteiger partial charge in [-0.2, -0.15) is 5.10 Å². The van der Waals surface area contributed by atoms with Gasteiger partial charge in [0.1, 0.15) is 0 Å². The van der Waals surface area contributed by atoms with Crippen LogP contribution in [0.2, 0.25) is 0 Å². The number of rotatable bonds is 7. The second-order valence-electron chi connectivity index (χ2n) is 5.27. The molecule has 0 unspecified atom stereocenters. The van der Waals surface area contributed by atoms with E-state index < -0.39 is 11.9 Å². The average Bonchev–Trinajstić information content (AvgIpc) is 2.62. The highest BCUT2D eigenvalue weighted by atomic mass is 79.9. The summed E-state index contributed by atoms with van der Waals surface area (Å²) in [6.07, 6.45) is 1.19. The van der Waals surface area contributed by atoms with Crippen LogP contribution in [-0.2, 0) is 9.59 Å². The van der Waals surface area contributed by atoms with Crippen LogP contribution >= 0.6 is 15.9 Å². The number of benzene rings is 2. The summed E-state index contributed by atoms with van der Waals surface area (Å²) in [6.45, 7) is 0. The molecule has 0 saturated heterocycles. The molecular weight excluding hydrogens is 402 g/mol. The summed E-state index contributed by atoms with van der Waals surface area (Å²) in [7, 11) is 0. The summed E-state index contributed by atoms with van der Waals surface area (Å²) in [5.41, 5.74) is 4.12. The molecule has 0 aliphatic heterocycles. The van der Waals surface area contributed by atoms with E-state index in [0.29, 0.717) is 11.3 Å². The van der Waals surface area contributed by atoms with Crippen molar-refractivity contribution in [2.45, 2.75) is 12.8 Å². The molecule has 2 rings (SSSR count). The maximum Gasteiger partial charge on any atom is 0.303 e. The van der Waals surface area contributed by atoms with Crippen LogP contribution in [0.15, 0.2) is 58.1 Å². The first-order chi connectivity index (χ1) is 12.4. The SMILES string of the molecule is O=C(O)CCC(=O)Nc1ccc(C(=O)N/N=C/c2ccc(Br)cc2)cc1. The number of carboxylic acids is 1. The lowest BCUT2D eigenvalue weighted by atomic mass is 10.2. The van der Waals surface area contributed by atoms with E-state index in [4.69, 9.17) is 5.11 Å². The van der Waals surface area contributed by atoms with Crippen LogP contribution in [0.25, 0.3) is 0 Å². The minimum absolute atomic E-state index is 0.109. The summed E-state index contributed by atoms with van der Waals surface area (Å²) in [6, 6.07) is 13.6. The van der Waals surface area contributed by atoms with Gasteiger partial charge >= 0.3 is 5.97 Å². The van der Waals surface area contributed by atoms with Gasteiger partial charge in [0.15, 0.2) is 0 Å². The zero-order valence-electron chi connectivity index (χ0n) is 13.6. The van der Waals surface area contributed by atoms with E-state index in [0.717, 1.165) is 10.0 Å². The maximum atomic E-state index is 12.0. The first-order valence-electron chi connectivity index (χ1n) is 7.65. The number of hydrogen-bond acceptors (Lipinski definition) is 4. The molecule has 3 N–H and O–H groups in total. The van der Waals surface area contributed by atoms with Gasteiger partial charge in [-0.1, -0.05) is 28.1 Å². The summed E-state index contributed by atoms with van der Waals surface area (Å²) in [5, 5.41) is 15.0. The van der Waals surface area contributed by atoms with E-state index in [1.807, 2.05) is 24.3 Å². The van der Waals surface area contributed by atoms with Crippen LogP contribution in [0.5, 0.6) is 0 Å². The summed E-state index contributed by atoms with van der Waals surface area (Å²) in [4.78, 5) is 34.0. The van der Waals surface area contributed by atoms with Crippen LogP contribution < -0.4 is 10.7 Å². The van der Waals surface area contributed by atoms with Gasteiger partial charge in [0, 0.05) is 22.1 Å². The maximum absolute atomic E-state index is 12.0. The first kappa shape index (κ1) is 19.3. The Bertz CT molecular complexity index is 817. The molecule has 0 heterocycles. The van der Waals surface area contributed by atoms with Crippen molar-refractivity contribution in [3.63, 3.8) is 0 Å². The molecular formula is C18H16BrN3O4. The van der Waals surface area contributed by atoms with Gasteiger partial charge in [-0.15, -0.1) is 0 Å². The predicted octanol–water partition coefficient (Wildman–Crippen LogP) is 3.02. The highest BCUT2D eigenvalue weighted by Gasteiger charge is 2.07. The molecule has 7 nitrogen and oxygen atoms in total. The van der Waals surface area contributed by atoms with Gasteiger partial charge in [0.05, 0.1) is 12.6 Å². The first-order valence-corrected chi connectivity index (χ1v) is 8.44. The fourth-order valence-corrected chi connectivity index (χ4v) is 2.19. The highest BCUT2D eigenvalue weighted by molar-refractivity contribution is 9.10. The Hall–Kier alpha value is -3.00. The molecule has 2 aromatic carbocycles. The molecule has 2 amide bonds.